The number of furan rings is 1. The topological polar surface area (TPSA) is 109 Å². The summed E-state index contributed by atoms with van der Waals surface area (Å²) in [6.07, 6.45) is 1.70. The van der Waals surface area contributed by atoms with Gasteiger partial charge in [0, 0.05) is 23.6 Å². The summed E-state index contributed by atoms with van der Waals surface area (Å²) in [5, 5.41) is 26.4. The van der Waals surface area contributed by atoms with Gasteiger partial charge < -0.3 is 9.52 Å². The van der Waals surface area contributed by atoms with E-state index in [0.717, 1.165) is 5.56 Å². The van der Waals surface area contributed by atoms with Crippen LogP contribution < -0.4 is 5.01 Å². The monoisotopic (exact) mass is 363 g/mol. The largest absolute Gasteiger partial charge is 0.481 e. The second-order valence-corrected chi connectivity index (χ2v) is 6.02. The van der Waals surface area contributed by atoms with E-state index in [9.17, 15) is 20.0 Å². The first-order valence-electron chi connectivity index (χ1n) is 8.01. The average molecular weight is 363 g/mol. The van der Waals surface area contributed by atoms with E-state index in [2.05, 4.69) is 5.10 Å². The Balaban J connectivity index is 1.66. The standard InChI is InChI=1S/C19H13N3O5/c1-11-16(9-12-2-7-17-13(8-12)10-18(23)27-17)19(24)21(20-11)14-3-5-15(6-4-14)22(25)26/h2-10,23H,1H3. The molecule has 0 radical (unpaired) electrons. The summed E-state index contributed by atoms with van der Waals surface area (Å²) in [6, 6.07) is 12.4. The Hall–Kier alpha value is -3.94. The lowest BCUT2D eigenvalue weighted by Gasteiger charge is -2.11. The lowest BCUT2D eigenvalue weighted by molar-refractivity contribution is -0.384. The molecule has 0 aliphatic carbocycles. The van der Waals surface area contributed by atoms with E-state index in [4.69, 9.17) is 4.42 Å². The third-order valence-corrected chi connectivity index (χ3v) is 4.21. The summed E-state index contributed by atoms with van der Waals surface area (Å²) >= 11 is 0. The maximum absolute atomic E-state index is 12.8. The van der Waals surface area contributed by atoms with Crippen LogP contribution in [-0.4, -0.2) is 21.6 Å². The minimum absolute atomic E-state index is 0.0569. The van der Waals surface area contributed by atoms with Gasteiger partial charge >= 0.3 is 0 Å². The van der Waals surface area contributed by atoms with Crippen LogP contribution in [0.2, 0.25) is 0 Å². The van der Waals surface area contributed by atoms with Gasteiger partial charge in [0.25, 0.3) is 17.5 Å². The fraction of sp³-hybridized carbons (Fsp3) is 0.0526. The number of rotatable bonds is 3. The second-order valence-electron chi connectivity index (χ2n) is 6.02. The number of amides is 1. The molecule has 1 amide bonds. The van der Waals surface area contributed by atoms with Crippen molar-refractivity contribution >= 4 is 40.0 Å². The van der Waals surface area contributed by atoms with Gasteiger partial charge in [0.15, 0.2) is 0 Å². The molecule has 0 saturated heterocycles. The molecular formula is C19H13N3O5. The molecule has 134 valence electrons. The van der Waals surface area contributed by atoms with Gasteiger partial charge in [-0.1, -0.05) is 6.07 Å². The molecule has 8 heteroatoms. The van der Waals surface area contributed by atoms with E-state index in [-0.39, 0.29) is 17.5 Å². The summed E-state index contributed by atoms with van der Waals surface area (Å²) in [6.45, 7) is 1.72. The molecule has 2 heterocycles. The predicted octanol–water partition coefficient (Wildman–Crippen LogP) is 3.85. The molecule has 8 nitrogen and oxygen atoms in total. The van der Waals surface area contributed by atoms with Gasteiger partial charge in [-0.3, -0.25) is 14.9 Å². The molecule has 0 bridgehead atoms. The van der Waals surface area contributed by atoms with Crippen molar-refractivity contribution in [3.05, 3.63) is 69.8 Å². The molecule has 27 heavy (non-hydrogen) atoms. The number of carbonyl (C=O) groups is 1. The van der Waals surface area contributed by atoms with Gasteiger partial charge in [-0.25, -0.2) is 0 Å². The van der Waals surface area contributed by atoms with E-state index in [0.29, 0.717) is 27.9 Å². The summed E-state index contributed by atoms with van der Waals surface area (Å²) in [5.74, 6) is -0.495. The van der Waals surface area contributed by atoms with Crippen LogP contribution in [0.5, 0.6) is 5.95 Å². The van der Waals surface area contributed by atoms with Gasteiger partial charge in [0.1, 0.15) is 5.58 Å². The molecular weight excluding hydrogens is 350 g/mol. The molecule has 0 atom stereocenters. The fourth-order valence-corrected chi connectivity index (χ4v) is 2.88. The van der Waals surface area contributed by atoms with Crippen molar-refractivity contribution in [3.8, 4) is 5.95 Å². The second kappa shape index (κ2) is 6.10. The minimum atomic E-state index is -0.501. The van der Waals surface area contributed by atoms with E-state index in [1.54, 1.807) is 31.2 Å². The molecule has 3 aromatic rings. The molecule has 1 aliphatic heterocycles. The summed E-state index contributed by atoms with van der Waals surface area (Å²) in [5.41, 5.74) is 2.65. The highest BCUT2D eigenvalue weighted by atomic mass is 16.6. The highest BCUT2D eigenvalue weighted by Crippen LogP contribution is 2.28. The third-order valence-electron chi connectivity index (χ3n) is 4.21. The Kier molecular flexibility index (Phi) is 3.73. The Morgan fingerprint density at radius 3 is 2.63 bits per heavy atom. The number of anilines is 1. The summed E-state index contributed by atoms with van der Waals surface area (Å²) in [4.78, 5) is 23.0. The van der Waals surface area contributed by atoms with Gasteiger partial charge in [-0.05, 0) is 42.8 Å². The zero-order valence-corrected chi connectivity index (χ0v) is 14.1. The number of nitro groups is 1. The van der Waals surface area contributed by atoms with Crippen LogP contribution in [0.15, 0.2) is 63.6 Å². The number of hydrazone groups is 1. The van der Waals surface area contributed by atoms with Crippen molar-refractivity contribution in [1.29, 1.82) is 0 Å². The van der Waals surface area contributed by atoms with Gasteiger partial charge in [0.2, 0.25) is 0 Å². The number of hydrogen-bond acceptors (Lipinski definition) is 6. The number of fused-ring (bicyclic) bond motifs is 1. The maximum Gasteiger partial charge on any atom is 0.282 e. The molecule has 0 saturated carbocycles. The maximum atomic E-state index is 12.8. The quantitative estimate of drug-likeness (QED) is 0.432. The molecule has 1 aliphatic rings. The molecule has 4 rings (SSSR count). The number of hydrogen-bond donors (Lipinski definition) is 1. The van der Waals surface area contributed by atoms with E-state index >= 15 is 0 Å². The number of carbonyl (C=O) groups excluding carboxylic acids is 1. The van der Waals surface area contributed by atoms with Gasteiger partial charge in [0.05, 0.1) is 21.9 Å². The highest BCUT2D eigenvalue weighted by molar-refractivity contribution is 6.32. The molecule has 0 spiro atoms. The van der Waals surface area contributed by atoms with Crippen LogP contribution in [0, 0.1) is 10.1 Å². The molecule has 1 aromatic heterocycles. The van der Waals surface area contributed by atoms with Crippen LogP contribution in [-0.2, 0) is 4.79 Å². The first-order valence-corrected chi connectivity index (χ1v) is 8.01. The first kappa shape index (κ1) is 16.5. The van der Waals surface area contributed by atoms with E-state index < -0.39 is 4.92 Å². The van der Waals surface area contributed by atoms with Crippen LogP contribution in [0.3, 0.4) is 0 Å². The molecule has 0 unspecified atom stereocenters. The predicted molar refractivity (Wildman–Crippen MR) is 99.5 cm³/mol. The summed E-state index contributed by atoms with van der Waals surface area (Å²) in [7, 11) is 0. The van der Waals surface area contributed by atoms with E-state index in [1.807, 2.05) is 0 Å². The Labute approximate surface area is 152 Å². The Morgan fingerprint density at radius 2 is 1.93 bits per heavy atom. The number of nitrogens with zero attached hydrogens (tertiary/aromatic N) is 3. The fourth-order valence-electron chi connectivity index (χ4n) is 2.88. The molecule has 0 fully saturated rings. The normalized spacial score (nSPS) is 15.6. The zero-order chi connectivity index (χ0) is 19.1. The number of non-ortho nitro benzene ring substituents is 1. The van der Waals surface area contributed by atoms with Gasteiger partial charge in [-0.2, -0.15) is 10.1 Å². The lowest BCUT2D eigenvalue weighted by atomic mass is 10.1. The minimum Gasteiger partial charge on any atom is -0.481 e. The third kappa shape index (κ3) is 2.93. The Bertz CT molecular complexity index is 1140. The Morgan fingerprint density at radius 1 is 1.19 bits per heavy atom. The average Bonchev–Trinajstić information content (AvgIpc) is 3.15. The van der Waals surface area contributed by atoms with Crippen molar-refractivity contribution in [2.45, 2.75) is 6.92 Å². The summed E-state index contributed by atoms with van der Waals surface area (Å²) < 4.78 is 5.12. The van der Waals surface area contributed by atoms with E-state index in [1.165, 1.54) is 35.3 Å². The van der Waals surface area contributed by atoms with Crippen LogP contribution in [0.4, 0.5) is 11.4 Å². The SMILES string of the molecule is CC1=NN(c2ccc([N+](=O)[O-])cc2)C(=O)C1=Cc1ccc2oc(O)cc2c1. The number of nitro benzene ring substituents is 1. The molecule has 1 N–H and O–H groups in total. The van der Waals surface area contributed by atoms with Crippen LogP contribution >= 0.6 is 0 Å². The van der Waals surface area contributed by atoms with Crippen molar-refractivity contribution in [3.63, 3.8) is 0 Å². The highest BCUT2D eigenvalue weighted by Gasteiger charge is 2.29. The number of aromatic hydroxyl groups is 1. The van der Waals surface area contributed by atoms with Crippen molar-refractivity contribution in [1.82, 2.24) is 0 Å². The van der Waals surface area contributed by atoms with Crippen LogP contribution in [0.1, 0.15) is 12.5 Å². The number of benzene rings is 2. The van der Waals surface area contributed by atoms with Crippen LogP contribution in [0.25, 0.3) is 17.0 Å². The lowest BCUT2D eigenvalue weighted by Crippen LogP contribution is -2.21. The van der Waals surface area contributed by atoms with Crippen molar-refractivity contribution in [2.75, 3.05) is 5.01 Å². The van der Waals surface area contributed by atoms with Crippen molar-refractivity contribution in [2.24, 2.45) is 5.10 Å². The van der Waals surface area contributed by atoms with Gasteiger partial charge in [-0.15, -0.1) is 0 Å². The smallest absolute Gasteiger partial charge is 0.282 e. The molecule has 2 aromatic carbocycles. The first-order chi connectivity index (χ1) is 12.9. The van der Waals surface area contributed by atoms with Crippen molar-refractivity contribution < 1.29 is 19.2 Å². The zero-order valence-electron chi connectivity index (χ0n) is 14.1.